The van der Waals surface area contributed by atoms with E-state index >= 15 is 0 Å². The van der Waals surface area contributed by atoms with Crippen LogP contribution in [0.5, 0.6) is 5.75 Å². The molecular formula is C22H23N3O3S. The maximum Gasteiger partial charge on any atom is 0.350 e. The number of nitrogens with zero attached hydrogens (tertiary/aromatic N) is 2. The molecule has 0 bridgehead atoms. The standard InChI is InChI=1S/C22H23N3O3S/c1-3-4-13-28-18-12-8-9-16(14-18)15-23-25-22-24-19(17-10-6-5-7-11-17)20(29-22)21(26)27-2/h5-12,14-15H,3-4,13H2,1-2H3,(H,24,25)/b23-15-. The molecule has 3 aromatic rings. The number of unbranched alkanes of at least 4 members (excludes halogenated alkanes) is 1. The van der Waals surface area contributed by atoms with Gasteiger partial charge < -0.3 is 9.47 Å². The first-order valence-corrected chi connectivity index (χ1v) is 10.2. The van der Waals surface area contributed by atoms with Crippen molar-refractivity contribution in [3.63, 3.8) is 0 Å². The predicted octanol–water partition coefficient (Wildman–Crippen LogP) is 5.22. The lowest BCUT2D eigenvalue weighted by Gasteiger charge is -2.05. The van der Waals surface area contributed by atoms with Gasteiger partial charge in [0.1, 0.15) is 10.6 Å². The molecule has 0 atom stereocenters. The van der Waals surface area contributed by atoms with Crippen molar-refractivity contribution in [1.29, 1.82) is 0 Å². The lowest BCUT2D eigenvalue weighted by molar-refractivity contribution is 0.0607. The third-order valence-electron chi connectivity index (χ3n) is 4.04. The number of nitrogens with one attached hydrogen (secondary N) is 1. The summed E-state index contributed by atoms with van der Waals surface area (Å²) >= 11 is 1.20. The Morgan fingerprint density at radius 3 is 2.79 bits per heavy atom. The molecule has 1 aromatic heterocycles. The average molecular weight is 410 g/mol. The minimum atomic E-state index is -0.421. The van der Waals surface area contributed by atoms with E-state index in [2.05, 4.69) is 22.4 Å². The molecule has 1 heterocycles. The van der Waals surface area contributed by atoms with Gasteiger partial charge in [-0.1, -0.05) is 67.1 Å². The number of hydrogen-bond acceptors (Lipinski definition) is 7. The second-order valence-corrected chi connectivity index (χ2v) is 7.20. The molecule has 0 radical (unpaired) electrons. The summed E-state index contributed by atoms with van der Waals surface area (Å²) in [5, 5.41) is 4.76. The molecule has 0 fully saturated rings. The molecule has 0 aliphatic heterocycles. The largest absolute Gasteiger partial charge is 0.494 e. The fourth-order valence-corrected chi connectivity index (χ4v) is 3.43. The molecule has 0 spiro atoms. The number of hydrazone groups is 1. The Morgan fingerprint density at radius 2 is 2.03 bits per heavy atom. The highest BCUT2D eigenvalue weighted by molar-refractivity contribution is 7.17. The van der Waals surface area contributed by atoms with Gasteiger partial charge in [-0.2, -0.15) is 5.10 Å². The van der Waals surface area contributed by atoms with Crippen LogP contribution >= 0.6 is 11.3 Å². The van der Waals surface area contributed by atoms with E-state index in [1.54, 1.807) is 6.21 Å². The smallest absolute Gasteiger partial charge is 0.350 e. The summed E-state index contributed by atoms with van der Waals surface area (Å²) in [7, 11) is 1.36. The maximum absolute atomic E-state index is 12.1. The fourth-order valence-electron chi connectivity index (χ4n) is 2.57. The third kappa shape index (κ3) is 5.65. The van der Waals surface area contributed by atoms with E-state index < -0.39 is 5.97 Å². The van der Waals surface area contributed by atoms with Crippen LogP contribution in [0.2, 0.25) is 0 Å². The van der Waals surface area contributed by atoms with Crippen molar-refractivity contribution in [3.05, 3.63) is 65.0 Å². The highest BCUT2D eigenvalue weighted by Crippen LogP contribution is 2.31. The molecule has 2 aromatic carbocycles. The number of thiazole rings is 1. The molecule has 0 saturated carbocycles. The zero-order chi connectivity index (χ0) is 20.5. The first kappa shape index (κ1) is 20.5. The van der Waals surface area contributed by atoms with Crippen LogP contribution in [0.4, 0.5) is 5.13 Å². The Kier molecular flexibility index (Phi) is 7.35. The lowest BCUT2D eigenvalue weighted by atomic mass is 10.1. The van der Waals surface area contributed by atoms with E-state index in [0.717, 1.165) is 29.7 Å². The minimum absolute atomic E-state index is 0.421. The third-order valence-corrected chi connectivity index (χ3v) is 4.98. The number of aromatic nitrogens is 1. The first-order chi connectivity index (χ1) is 14.2. The number of methoxy groups -OCH3 is 1. The monoisotopic (exact) mass is 409 g/mol. The van der Waals surface area contributed by atoms with Crippen molar-refractivity contribution in [2.45, 2.75) is 19.8 Å². The van der Waals surface area contributed by atoms with E-state index in [4.69, 9.17) is 9.47 Å². The van der Waals surface area contributed by atoms with Crippen molar-refractivity contribution in [1.82, 2.24) is 4.98 Å². The Balaban J connectivity index is 1.73. The van der Waals surface area contributed by atoms with Gasteiger partial charge in [0, 0.05) is 5.56 Å². The van der Waals surface area contributed by atoms with Gasteiger partial charge in [0.25, 0.3) is 0 Å². The van der Waals surface area contributed by atoms with Crippen LogP contribution < -0.4 is 10.2 Å². The Labute approximate surface area is 174 Å². The van der Waals surface area contributed by atoms with Crippen LogP contribution in [-0.2, 0) is 4.74 Å². The number of hydrogen-bond donors (Lipinski definition) is 1. The van der Waals surface area contributed by atoms with Crippen LogP contribution in [0.25, 0.3) is 11.3 Å². The molecule has 7 heteroatoms. The summed E-state index contributed by atoms with van der Waals surface area (Å²) in [6.07, 6.45) is 3.81. The van der Waals surface area contributed by atoms with E-state index in [0.29, 0.717) is 22.3 Å². The van der Waals surface area contributed by atoms with Crippen molar-refractivity contribution in [2.75, 3.05) is 19.1 Å². The average Bonchev–Trinajstić information content (AvgIpc) is 3.18. The molecule has 3 rings (SSSR count). The van der Waals surface area contributed by atoms with Crippen LogP contribution in [0.15, 0.2) is 59.7 Å². The summed E-state index contributed by atoms with van der Waals surface area (Å²) in [5.74, 6) is 0.395. The fraction of sp³-hybridized carbons (Fsp3) is 0.227. The number of carbonyl (C=O) groups excluding carboxylic acids is 1. The van der Waals surface area contributed by atoms with Gasteiger partial charge in [0.05, 0.1) is 25.6 Å². The molecule has 0 unspecified atom stereocenters. The summed E-state index contributed by atoms with van der Waals surface area (Å²) in [5.41, 5.74) is 5.23. The van der Waals surface area contributed by atoms with Gasteiger partial charge in [-0.25, -0.2) is 9.78 Å². The number of benzene rings is 2. The van der Waals surface area contributed by atoms with E-state index in [9.17, 15) is 4.79 Å². The van der Waals surface area contributed by atoms with Crippen molar-refractivity contribution >= 4 is 28.7 Å². The number of carbonyl (C=O) groups is 1. The molecule has 0 aliphatic carbocycles. The van der Waals surface area contributed by atoms with Gasteiger partial charge in [0.2, 0.25) is 5.13 Å². The Morgan fingerprint density at radius 1 is 1.21 bits per heavy atom. The maximum atomic E-state index is 12.1. The van der Waals surface area contributed by atoms with Crippen LogP contribution in [0.3, 0.4) is 0 Å². The highest BCUT2D eigenvalue weighted by atomic mass is 32.1. The second kappa shape index (κ2) is 10.4. The van der Waals surface area contributed by atoms with Gasteiger partial charge in [-0.3, -0.25) is 5.43 Å². The zero-order valence-electron chi connectivity index (χ0n) is 16.4. The van der Waals surface area contributed by atoms with Crippen molar-refractivity contribution in [3.8, 4) is 17.0 Å². The van der Waals surface area contributed by atoms with E-state index in [1.807, 2.05) is 54.6 Å². The van der Waals surface area contributed by atoms with Gasteiger partial charge in [-0.15, -0.1) is 0 Å². The number of ether oxygens (including phenoxy) is 2. The molecule has 150 valence electrons. The molecule has 6 nitrogen and oxygen atoms in total. The molecule has 0 aliphatic rings. The normalized spacial score (nSPS) is 10.8. The van der Waals surface area contributed by atoms with E-state index in [1.165, 1.54) is 18.4 Å². The SMILES string of the molecule is CCCCOc1cccc(/C=N\Nc2nc(-c3ccccc3)c(C(=O)OC)s2)c1. The Bertz CT molecular complexity index is 970. The lowest BCUT2D eigenvalue weighted by Crippen LogP contribution is -2.00. The zero-order valence-corrected chi connectivity index (χ0v) is 17.2. The first-order valence-electron chi connectivity index (χ1n) is 9.37. The highest BCUT2D eigenvalue weighted by Gasteiger charge is 2.19. The molecule has 1 N–H and O–H groups in total. The summed E-state index contributed by atoms with van der Waals surface area (Å²) < 4.78 is 10.6. The van der Waals surface area contributed by atoms with Crippen molar-refractivity contribution in [2.24, 2.45) is 5.10 Å². The minimum Gasteiger partial charge on any atom is -0.494 e. The molecule has 0 amide bonds. The number of esters is 1. The summed E-state index contributed by atoms with van der Waals surface area (Å²) in [6, 6.07) is 17.2. The molecular weight excluding hydrogens is 386 g/mol. The van der Waals surface area contributed by atoms with Gasteiger partial charge in [0.15, 0.2) is 0 Å². The van der Waals surface area contributed by atoms with Crippen LogP contribution in [0, 0.1) is 0 Å². The second-order valence-electron chi connectivity index (χ2n) is 6.20. The van der Waals surface area contributed by atoms with Crippen LogP contribution in [0.1, 0.15) is 35.0 Å². The quantitative estimate of drug-likeness (QED) is 0.227. The predicted molar refractivity (Wildman–Crippen MR) is 117 cm³/mol. The van der Waals surface area contributed by atoms with Crippen molar-refractivity contribution < 1.29 is 14.3 Å². The van der Waals surface area contributed by atoms with Gasteiger partial charge >= 0.3 is 5.97 Å². The summed E-state index contributed by atoms with van der Waals surface area (Å²) in [6.45, 7) is 2.83. The molecule has 0 saturated heterocycles. The Hall–Kier alpha value is -3.19. The van der Waals surface area contributed by atoms with Gasteiger partial charge in [-0.05, 0) is 24.1 Å². The van der Waals surface area contributed by atoms with Crippen LogP contribution in [-0.4, -0.2) is 30.9 Å². The number of anilines is 1. The van der Waals surface area contributed by atoms with E-state index in [-0.39, 0.29) is 0 Å². The number of rotatable bonds is 9. The molecule has 29 heavy (non-hydrogen) atoms. The summed E-state index contributed by atoms with van der Waals surface area (Å²) in [4.78, 5) is 17.1. The topological polar surface area (TPSA) is 72.8 Å².